The lowest BCUT2D eigenvalue weighted by molar-refractivity contribution is 1.04. The predicted molar refractivity (Wildman–Crippen MR) is 68.8 cm³/mol. The van der Waals surface area contributed by atoms with Crippen LogP contribution in [0, 0.1) is 0 Å². The van der Waals surface area contributed by atoms with E-state index in [0.717, 1.165) is 24.5 Å². The molecule has 1 rings (SSSR count). The van der Waals surface area contributed by atoms with Gasteiger partial charge in [-0.05, 0) is 24.3 Å². The van der Waals surface area contributed by atoms with Crippen molar-refractivity contribution < 1.29 is 0 Å². The van der Waals surface area contributed by atoms with Gasteiger partial charge in [0.2, 0.25) is 0 Å². The summed E-state index contributed by atoms with van der Waals surface area (Å²) in [4.78, 5) is 4.23. The number of hydrogen-bond donors (Lipinski definition) is 1. The number of nitrogens with zero attached hydrogens (tertiary/aromatic N) is 1. The Balaban J connectivity index is 0. The molecule has 1 aromatic rings. The van der Waals surface area contributed by atoms with Crippen molar-refractivity contribution in [3.05, 3.63) is 30.1 Å². The Morgan fingerprint density at radius 3 is 2.57 bits per heavy atom. The molecule has 1 aromatic heterocycles. The van der Waals surface area contributed by atoms with Crippen molar-refractivity contribution in [3.63, 3.8) is 0 Å². The van der Waals surface area contributed by atoms with Gasteiger partial charge in [-0.2, -0.15) is 11.8 Å². The summed E-state index contributed by atoms with van der Waals surface area (Å²) in [5, 5.41) is 0. The fourth-order valence-electron chi connectivity index (χ4n) is 0.908. The highest BCUT2D eigenvalue weighted by molar-refractivity contribution is 7.99. The van der Waals surface area contributed by atoms with E-state index in [9.17, 15) is 0 Å². The number of halogens is 2. The molecular weight excluding hydrogens is 239 g/mol. The van der Waals surface area contributed by atoms with Gasteiger partial charge in [0.25, 0.3) is 0 Å². The zero-order valence-corrected chi connectivity index (χ0v) is 10.3. The Hall–Kier alpha value is 0.0400. The summed E-state index contributed by atoms with van der Waals surface area (Å²) in [5.74, 6) is 2.17. The van der Waals surface area contributed by atoms with Crippen LogP contribution in [-0.4, -0.2) is 23.0 Å². The Labute approximate surface area is 102 Å². The molecule has 0 aromatic carbocycles. The minimum atomic E-state index is 0. The van der Waals surface area contributed by atoms with E-state index < -0.39 is 0 Å². The lowest BCUT2D eigenvalue weighted by Crippen LogP contribution is -2.02. The molecule has 0 saturated carbocycles. The van der Waals surface area contributed by atoms with Crippen LogP contribution in [0.1, 0.15) is 5.69 Å². The van der Waals surface area contributed by atoms with Gasteiger partial charge in [0.05, 0.1) is 0 Å². The first-order chi connectivity index (χ1) is 5.93. The molecule has 0 saturated heterocycles. The van der Waals surface area contributed by atoms with Gasteiger partial charge in [-0.15, -0.1) is 24.8 Å². The molecule has 2 nitrogen and oxygen atoms in total. The zero-order chi connectivity index (χ0) is 8.65. The zero-order valence-electron chi connectivity index (χ0n) is 7.89. The van der Waals surface area contributed by atoms with Gasteiger partial charge in [-0.1, -0.05) is 6.07 Å². The van der Waals surface area contributed by atoms with E-state index in [1.807, 2.05) is 30.1 Å². The molecule has 2 N–H and O–H groups in total. The summed E-state index contributed by atoms with van der Waals surface area (Å²) in [6.45, 7) is 0.771. The van der Waals surface area contributed by atoms with E-state index in [2.05, 4.69) is 11.1 Å². The van der Waals surface area contributed by atoms with Crippen LogP contribution in [0.4, 0.5) is 0 Å². The lowest BCUT2D eigenvalue weighted by atomic mass is 10.3. The average molecular weight is 255 g/mol. The van der Waals surface area contributed by atoms with Crippen molar-refractivity contribution in [2.45, 2.75) is 6.42 Å². The Kier molecular flexibility index (Phi) is 13.1. The maximum atomic E-state index is 5.37. The highest BCUT2D eigenvalue weighted by Crippen LogP contribution is 2.03. The molecular formula is C9H16Cl2N2S. The maximum absolute atomic E-state index is 5.37. The highest BCUT2D eigenvalue weighted by atomic mass is 35.5. The number of aryl methyl sites for hydroxylation is 1. The second-order valence-electron chi connectivity index (χ2n) is 2.47. The summed E-state index contributed by atoms with van der Waals surface area (Å²) in [6, 6.07) is 6.02. The minimum absolute atomic E-state index is 0. The monoisotopic (exact) mass is 254 g/mol. The normalized spacial score (nSPS) is 8.64. The summed E-state index contributed by atoms with van der Waals surface area (Å²) >= 11 is 1.88. The van der Waals surface area contributed by atoms with Crippen molar-refractivity contribution in [2.75, 3.05) is 18.1 Å². The average Bonchev–Trinajstić information content (AvgIpc) is 2.14. The third kappa shape index (κ3) is 7.44. The second kappa shape index (κ2) is 11.1. The summed E-state index contributed by atoms with van der Waals surface area (Å²) in [6.07, 6.45) is 2.88. The van der Waals surface area contributed by atoms with Crippen LogP contribution in [0.15, 0.2) is 24.4 Å². The summed E-state index contributed by atoms with van der Waals surface area (Å²) in [7, 11) is 0. The topological polar surface area (TPSA) is 38.9 Å². The molecule has 5 heteroatoms. The molecule has 0 amide bonds. The third-order valence-corrected chi connectivity index (χ3v) is 2.51. The van der Waals surface area contributed by atoms with Crippen LogP contribution in [0.25, 0.3) is 0 Å². The molecule has 0 atom stereocenters. The third-order valence-electron chi connectivity index (χ3n) is 1.49. The molecule has 0 unspecified atom stereocenters. The van der Waals surface area contributed by atoms with Crippen LogP contribution in [0.5, 0.6) is 0 Å². The minimum Gasteiger partial charge on any atom is -0.330 e. The van der Waals surface area contributed by atoms with Gasteiger partial charge in [-0.25, -0.2) is 0 Å². The van der Waals surface area contributed by atoms with E-state index in [4.69, 9.17) is 5.73 Å². The molecule has 0 spiro atoms. The number of rotatable bonds is 5. The van der Waals surface area contributed by atoms with Gasteiger partial charge < -0.3 is 5.73 Å². The number of pyridine rings is 1. The molecule has 1 heterocycles. The smallest absolute Gasteiger partial charge is 0.0411 e. The molecule has 14 heavy (non-hydrogen) atoms. The Morgan fingerprint density at radius 1 is 1.21 bits per heavy atom. The van der Waals surface area contributed by atoms with E-state index in [1.54, 1.807) is 0 Å². The van der Waals surface area contributed by atoms with Gasteiger partial charge in [0, 0.05) is 24.2 Å². The maximum Gasteiger partial charge on any atom is 0.0411 e. The van der Waals surface area contributed by atoms with Crippen LogP contribution in [0.2, 0.25) is 0 Å². The fraction of sp³-hybridized carbons (Fsp3) is 0.444. The largest absolute Gasteiger partial charge is 0.330 e. The van der Waals surface area contributed by atoms with E-state index in [1.165, 1.54) is 5.69 Å². The fourth-order valence-corrected chi connectivity index (χ4v) is 1.63. The first kappa shape index (κ1) is 16.5. The highest BCUT2D eigenvalue weighted by Gasteiger charge is 1.92. The lowest BCUT2D eigenvalue weighted by Gasteiger charge is -1.98. The molecule has 0 aliphatic carbocycles. The first-order valence-corrected chi connectivity index (χ1v) is 5.26. The second-order valence-corrected chi connectivity index (χ2v) is 3.70. The van der Waals surface area contributed by atoms with Crippen molar-refractivity contribution in [1.82, 2.24) is 4.98 Å². The van der Waals surface area contributed by atoms with Gasteiger partial charge >= 0.3 is 0 Å². The van der Waals surface area contributed by atoms with Gasteiger partial charge in [0.15, 0.2) is 0 Å². The standard InChI is InChI=1S/C9H14N2S.2ClH/c10-5-8-12-7-4-9-3-1-2-6-11-9;;/h1-3,6H,4-5,7-8,10H2;2*1H. The molecule has 0 bridgehead atoms. The van der Waals surface area contributed by atoms with E-state index in [0.29, 0.717) is 0 Å². The van der Waals surface area contributed by atoms with Crippen molar-refractivity contribution in [1.29, 1.82) is 0 Å². The summed E-state index contributed by atoms with van der Waals surface area (Å²) in [5.41, 5.74) is 6.54. The number of nitrogens with two attached hydrogens (primary N) is 1. The Morgan fingerprint density at radius 2 is 2.00 bits per heavy atom. The van der Waals surface area contributed by atoms with Crippen LogP contribution in [0.3, 0.4) is 0 Å². The molecule has 82 valence electrons. The van der Waals surface area contributed by atoms with Crippen LogP contribution in [-0.2, 0) is 6.42 Å². The number of aromatic nitrogens is 1. The molecule has 0 aliphatic heterocycles. The van der Waals surface area contributed by atoms with Gasteiger partial charge in [-0.3, -0.25) is 4.98 Å². The van der Waals surface area contributed by atoms with E-state index >= 15 is 0 Å². The predicted octanol–water partition coefficient (Wildman–Crippen LogP) is 2.16. The van der Waals surface area contributed by atoms with Crippen LogP contribution < -0.4 is 5.73 Å². The van der Waals surface area contributed by atoms with Crippen molar-refractivity contribution in [2.24, 2.45) is 5.73 Å². The van der Waals surface area contributed by atoms with Crippen molar-refractivity contribution >= 4 is 36.6 Å². The SMILES string of the molecule is Cl.Cl.NCCSCCc1ccccn1. The van der Waals surface area contributed by atoms with Crippen molar-refractivity contribution in [3.8, 4) is 0 Å². The van der Waals surface area contributed by atoms with Gasteiger partial charge in [0.1, 0.15) is 0 Å². The first-order valence-electron chi connectivity index (χ1n) is 4.11. The summed E-state index contributed by atoms with van der Waals surface area (Å²) < 4.78 is 0. The molecule has 0 fully saturated rings. The van der Waals surface area contributed by atoms with Crippen LogP contribution >= 0.6 is 36.6 Å². The van der Waals surface area contributed by atoms with E-state index in [-0.39, 0.29) is 24.8 Å². The number of thioether (sulfide) groups is 1. The Bertz CT molecular complexity index is 209. The quantitative estimate of drug-likeness (QED) is 0.819. The molecule has 0 aliphatic rings. The molecule has 0 radical (unpaired) electrons. The number of hydrogen-bond acceptors (Lipinski definition) is 3.